The highest BCUT2D eigenvalue weighted by Crippen LogP contribution is 2.32. The third kappa shape index (κ3) is 2.99. The van der Waals surface area contributed by atoms with Gasteiger partial charge in [-0.1, -0.05) is 0 Å². The SMILES string of the molecule is N#Cc1ccc2ncn(-c3ncc4nc(-c5cncnc5)n(C5CCOCC5)c4n3)c2c1. The minimum atomic E-state index is 0.191. The molecule has 32 heavy (non-hydrogen) atoms. The van der Waals surface area contributed by atoms with E-state index in [2.05, 4.69) is 30.6 Å². The maximum absolute atomic E-state index is 9.29. The summed E-state index contributed by atoms with van der Waals surface area (Å²) < 4.78 is 9.53. The number of benzene rings is 1. The number of nitriles is 1. The van der Waals surface area contributed by atoms with Gasteiger partial charge in [-0.2, -0.15) is 10.2 Å². The highest BCUT2D eigenvalue weighted by Gasteiger charge is 2.24. The van der Waals surface area contributed by atoms with E-state index in [9.17, 15) is 5.26 Å². The van der Waals surface area contributed by atoms with Gasteiger partial charge in [0.2, 0.25) is 5.95 Å². The molecule has 0 spiro atoms. The molecule has 0 N–H and O–H groups in total. The fourth-order valence-corrected chi connectivity index (χ4v) is 4.14. The average Bonchev–Trinajstić information content (AvgIpc) is 3.46. The third-order valence-corrected chi connectivity index (χ3v) is 5.69. The number of hydrogen-bond donors (Lipinski definition) is 0. The summed E-state index contributed by atoms with van der Waals surface area (Å²) in [5, 5.41) is 9.29. The van der Waals surface area contributed by atoms with Crippen LogP contribution in [0, 0.1) is 11.3 Å². The van der Waals surface area contributed by atoms with Gasteiger partial charge in [-0.25, -0.2) is 24.9 Å². The summed E-state index contributed by atoms with van der Waals surface area (Å²) in [6.45, 7) is 1.38. The molecule has 0 radical (unpaired) electrons. The first-order chi connectivity index (χ1) is 15.8. The molecule has 1 aliphatic heterocycles. The van der Waals surface area contributed by atoms with Crippen LogP contribution in [0.25, 0.3) is 39.5 Å². The van der Waals surface area contributed by atoms with Gasteiger partial charge >= 0.3 is 0 Å². The van der Waals surface area contributed by atoms with Gasteiger partial charge in [0.05, 0.1) is 34.4 Å². The van der Waals surface area contributed by atoms with E-state index in [1.165, 1.54) is 6.33 Å². The first kappa shape index (κ1) is 18.5. The molecule has 1 saturated heterocycles. The first-order valence-electron chi connectivity index (χ1n) is 10.3. The number of fused-ring (bicyclic) bond motifs is 2. The van der Waals surface area contributed by atoms with E-state index in [0.717, 1.165) is 40.9 Å². The number of ether oxygens (including phenoxy) is 1. The van der Waals surface area contributed by atoms with Crippen LogP contribution in [-0.2, 0) is 4.74 Å². The summed E-state index contributed by atoms with van der Waals surface area (Å²) in [6.07, 6.45) is 10.1. The van der Waals surface area contributed by atoms with Crippen LogP contribution in [0.2, 0.25) is 0 Å². The van der Waals surface area contributed by atoms with Crippen molar-refractivity contribution in [1.29, 1.82) is 5.26 Å². The molecule has 0 unspecified atom stereocenters. The van der Waals surface area contributed by atoms with Crippen molar-refractivity contribution in [2.75, 3.05) is 13.2 Å². The van der Waals surface area contributed by atoms with Crippen LogP contribution in [-0.4, -0.2) is 52.3 Å². The van der Waals surface area contributed by atoms with Gasteiger partial charge < -0.3 is 9.30 Å². The molecule has 0 bridgehead atoms. The fourth-order valence-electron chi connectivity index (χ4n) is 4.14. The number of hydrogen-bond acceptors (Lipinski definition) is 8. The Kier molecular flexibility index (Phi) is 4.33. The van der Waals surface area contributed by atoms with Gasteiger partial charge in [0.25, 0.3) is 0 Å². The average molecular weight is 423 g/mol. The molecule has 0 aliphatic carbocycles. The maximum atomic E-state index is 9.29. The van der Waals surface area contributed by atoms with Crippen LogP contribution in [0.1, 0.15) is 24.4 Å². The number of rotatable bonds is 3. The van der Waals surface area contributed by atoms with Crippen molar-refractivity contribution in [3.63, 3.8) is 0 Å². The molecular weight excluding hydrogens is 406 g/mol. The molecule has 10 heteroatoms. The normalized spacial score (nSPS) is 14.7. The molecule has 1 aliphatic rings. The smallest absolute Gasteiger partial charge is 0.237 e. The predicted molar refractivity (Wildman–Crippen MR) is 115 cm³/mol. The lowest BCUT2D eigenvalue weighted by Gasteiger charge is -2.25. The Morgan fingerprint density at radius 3 is 2.66 bits per heavy atom. The molecule has 6 rings (SSSR count). The monoisotopic (exact) mass is 423 g/mol. The lowest BCUT2D eigenvalue weighted by Crippen LogP contribution is -2.20. The topological polar surface area (TPSA) is 120 Å². The largest absolute Gasteiger partial charge is 0.381 e. The number of nitrogens with zero attached hydrogens (tertiary/aromatic N) is 9. The minimum absolute atomic E-state index is 0.191. The van der Waals surface area contributed by atoms with Crippen LogP contribution in [0.15, 0.2) is 49.4 Å². The van der Waals surface area contributed by atoms with Crippen molar-refractivity contribution in [2.45, 2.75) is 18.9 Å². The third-order valence-electron chi connectivity index (χ3n) is 5.69. The Balaban J connectivity index is 1.57. The van der Waals surface area contributed by atoms with Gasteiger partial charge in [0.1, 0.15) is 24.0 Å². The molecular formula is C22H17N9O. The molecule has 0 saturated carbocycles. The van der Waals surface area contributed by atoms with Crippen molar-refractivity contribution >= 4 is 22.2 Å². The molecule has 10 nitrogen and oxygen atoms in total. The Hall–Kier alpha value is -4.23. The van der Waals surface area contributed by atoms with E-state index in [1.807, 2.05) is 6.07 Å². The summed E-state index contributed by atoms with van der Waals surface area (Å²) in [5.41, 5.74) is 4.36. The molecule has 4 aromatic heterocycles. The highest BCUT2D eigenvalue weighted by molar-refractivity contribution is 5.80. The van der Waals surface area contributed by atoms with Gasteiger partial charge in [-0.05, 0) is 31.0 Å². The standard InChI is InChI=1S/C22H17N9O/c23-8-14-1-2-17-19(7-14)30(13-27-17)22-26-11-18-21(29-22)31(16-3-5-32-6-4-16)20(28-18)15-9-24-12-25-10-15/h1-2,7,9-13,16H,3-6H2. The van der Waals surface area contributed by atoms with Crippen LogP contribution in [0.4, 0.5) is 0 Å². The summed E-state index contributed by atoms with van der Waals surface area (Å²) in [4.78, 5) is 27.0. The van der Waals surface area contributed by atoms with Crippen LogP contribution in [0.3, 0.4) is 0 Å². The highest BCUT2D eigenvalue weighted by atomic mass is 16.5. The van der Waals surface area contributed by atoms with E-state index in [0.29, 0.717) is 30.2 Å². The van der Waals surface area contributed by atoms with Crippen LogP contribution < -0.4 is 0 Å². The van der Waals surface area contributed by atoms with Crippen molar-refractivity contribution in [2.24, 2.45) is 0 Å². The van der Waals surface area contributed by atoms with Crippen LogP contribution >= 0.6 is 0 Å². The van der Waals surface area contributed by atoms with E-state index in [4.69, 9.17) is 14.7 Å². The Labute approximate surface area is 182 Å². The second kappa shape index (κ2) is 7.47. The van der Waals surface area contributed by atoms with Crippen molar-refractivity contribution in [1.82, 2.24) is 39.0 Å². The Morgan fingerprint density at radius 1 is 1.00 bits per heavy atom. The van der Waals surface area contributed by atoms with Crippen LogP contribution in [0.5, 0.6) is 0 Å². The van der Waals surface area contributed by atoms with Crippen molar-refractivity contribution < 1.29 is 4.74 Å². The minimum Gasteiger partial charge on any atom is -0.381 e. The molecule has 5 aromatic rings. The lowest BCUT2D eigenvalue weighted by molar-refractivity contribution is 0.0708. The second-order valence-electron chi connectivity index (χ2n) is 7.58. The molecule has 156 valence electrons. The fraction of sp³-hybridized carbons (Fsp3) is 0.227. The first-order valence-corrected chi connectivity index (χ1v) is 10.3. The number of imidazole rings is 2. The summed E-state index contributed by atoms with van der Waals surface area (Å²) >= 11 is 0. The van der Waals surface area contributed by atoms with E-state index in [-0.39, 0.29) is 6.04 Å². The van der Waals surface area contributed by atoms with Gasteiger partial charge in [-0.3, -0.25) is 4.57 Å². The zero-order chi connectivity index (χ0) is 21.5. The van der Waals surface area contributed by atoms with Crippen molar-refractivity contribution in [3.8, 4) is 23.4 Å². The maximum Gasteiger partial charge on any atom is 0.237 e. The zero-order valence-corrected chi connectivity index (χ0v) is 17.0. The lowest BCUT2D eigenvalue weighted by atomic mass is 10.1. The van der Waals surface area contributed by atoms with Gasteiger partial charge in [-0.15, -0.1) is 0 Å². The van der Waals surface area contributed by atoms with E-state index < -0.39 is 0 Å². The predicted octanol–water partition coefficient (Wildman–Crippen LogP) is 2.85. The summed E-state index contributed by atoms with van der Waals surface area (Å²) in [7, 11) is 0. The van der Waals surface area contributed by atoms with Crippen molar-refractivity contribution in [3.05, 3.63) is 55.0 Å². The van der Waals surface area contributed by atoms with Gasteiger partial charge in [0.15, 0.2) is 5.65 Å². The molecule has 1 fully saturated rings. The van der Waals surface area contributed by atoms with E-state index >= 15 is 0 Å². The van der Waals surface area contributed by atoms with E-state index in [1.54, 1.807) is 41.6 Å². The Morgan fingerprint density at radius 2 is 1.84 bits per heavy atom. The molecule has 0 atom stereocenters. The second-order valence-corrected chi connectivity index (χ2v) is 7.58. The quantitative estimate of drug-likeness (QED) is 0.434. The summed E-state index contributed by atoms with van der Waals surface area (Å²) in [6, 6.07) is 7.72. The molecule has 1 aromatic carbocycles. The number of aromatic nitrogens is 8. The molecule has 5 heterocycles. The Bertz CT molecular complexity index is 1480. The molecule has 0 amide bonds. The van der Waals surface area contributed by atoms with Gasteiger partial charge in [0, 0.05) is 31.6 Å². The zero-order valence-electron chi connectivity index (χ0n) is 17.0. The summed E-state index contributed by atoms with van der Waals surface area (Å²) in [5.74, 6) is 1.24.